The summed E-state index contributed by atoms with van der Waals surface area (Å²) in [4.78, 5) is 13.5. The summed E-state index contributed by atoms with van der Waals surface area (Å²) in [6.45, 7) is 2.08. The fraction of sp³-hybridized carbons (Fsp3) is 0.222. The fourth-order valence-corrected chi connectivity index (χ4v) is 4.61. The molecule has 4 heteroatoms. The molecular weight excluding hydrogens is 384 g/mol. The van der Waals surface area contributed by atoms with Gasteiger partial charge in [0.1, 0.15) is 5.75 Å². The van der Waals surface area contributed by atoms with Crippen LogP contribution >= 0.6 is 0 Å². The minimum absolute atomic E-state index is 0.147. The van der Waals surface area contributed by atoms with Crippen LogP contribution in [0.4, 0.5) is 11.4 Å². The van der Waals surface area contributed by atoms with E-state index in [1.807, 2.05) is 24.3 Å². The van der Waals surface area contributed by atoms with Crippen LogP contribution in [0, 0.1) is 6.92 Å². The quantitative estimate of drug-likeness (QED) is 0.557. The smallest absolute Gasteiger partial charge is 0.163 e. The lowest BCUT2D eigenvalue weighted by Gasteiger charge is -2.30. The molecule has 3 aromatic rings. The van der Waals surface area contributed by atoms with Crippen LogP contribution in [-0.4, -0.2) is 12.9 Å². The number of ketones is 1. The number of Topliss-reactive ketones (excluding diaryl/α,β-unsaturated/α-hetero) is 1. The van der Waals surface area contributed by atoms with E-state index in [9.17, 15) is 4.79 Å². The van der Waals surface area contributed by atoms with Gasteiger partial charge >= 0.3 is 0 Å². The van der Waals surface area contributed by atoms with Crippen LogP contribution in [0.5, 0.6) is 5.75 Å². The third-order valence-electron chi connectivity index (χ3n) is 6.31. The first kappa shape index (κ1) is 19.4. The molecule has 2 atom stereocenters. The highest BCUT2D eigenvalue weighted by atomic mass is 16.5. The number of methoxy groups -OCH3 is 1. The van der Waals surface area contributed by atoms with E-state index in [0.717, 1.165) is 40.4 Å². The van der Waals surface area contributed by atoms with E-state index in [-0.39, 0.29) is 17.7 Å². The zero-order valence-corrected chi connectivity index (χ0v) is 17.8. The summed E-state index contributed by atoms with van der Waals surface area (Å²) in [5.41, 5.74) is 7.36. The van der Waals surface area contributed by atoms with Crippen molar-refractivity contribution < 1.29 is 9.53 Å². The summed E-state index contributed by atoms with van der Waals surface area (Å²) >= 11 is 0. The van der Waals surface area contributed by atoms with Crippen LogP contribution in [0.2, 0.25) is 0 Å². The van der Waals surface area contributed by atoms with Gasteiger partial charge in [-0.2, -0.15) is 0 Å². The number of ether oxygens (including phenoxy) is 1. The number of aryl methyl sites for hydroxylation is 1. The Morgan fingerprint density at radius 1 is 0.839 bits per heavy atom. The van der Waals surface area contributed by atoms with E-state index >= 15 is 0 Å². The molecule has 1 aliphatic heterocycles. The molecule has 0 unspecified atom stereocenters. The molecule has 0 bridgehead atoms. The number of carbonyl (C=O) groups excluding carboxylic acids is 1. The number of rotatable bonds is 3. The zero-order chi connectivity index (χ0) is 21.4. The molecular formula is C27H26N2O2. The number of benzene rings is 3. The van der Waals surface area contributed by atoms with Crippen LogP contribution < -0.4 is 15.4 Å². The summed E-state index contributed by atoms with van der Waals surface area (Å²) in [5.74, 6) is 1.17. The van der Waals surface area contributed by atoms with E-state index < -0.39 is 0 Å². The largest absolute Gasteiger partial charge is 0.497 e. The Hall–Kier alpha value is -3.53. The zero-order valence-electron chi connectivity index (χ0n) is 17.8. The summed E-state index contributed by atoms with van der Waals surface area (Å²) in [6, 6.07) is 24.5. The van der Waals surface area contributed by atoms with Gasteiger partial charge in [-0.3, -0.25) is 4.79 Å². The number of hydrogen-bond acceptors (Lipinski definition) is 4. The highest BCUT2D eigenvalue weighted by Gasteiger charge is 2.35. The normalized spacial score (nSPS) is 20.1. The van der Waals surface area contributed by atoms with E-state index in [2.05, 4.69) is 66.1 Å². The Bertz CT molecular complexity index is 1150. The van der Waals surface area contributed by atoms with Gasteiger partial charge in [-0.1, -0.05) is 54.1 Å². The minimum Gasteiger partial charge on any atom is -0.497 e. The second kappa shape index (κ2) is 7.95. The number of fused-ring (bicyclic) bond motifs is 1. The van der Waals surface area contributed by atoms with Gasteiger partial charge < -0.3 is 15.4 Å². The number of anilines is 2. The van der Waals surface area contributed by atoms with E-state index in [0.29, 0.717) is 6.42 Å². The summed E-state index contributed by atoms with van der Waals surface area (Å²) in [6.07, 6.45) is 1.30. The maximum absolute atomic E-state index is 13.5. The van der Waals surface area contributed by atoms with Crippen LogP contribution in [0.15, 0.2) is 84.1 Å². The van der Waals surface area contributed by atoms with E-state index in [1.54, 1.807) is 7.11 Å². The molecule has 2 N–H and O–H groups in total. The number of para-hydroxylation sites is 2. The minimum atomic E-state index is -0.170. The molecule has 2 aliphatic rings. The molecule has 0 spiro atoms. The maximum atomic E-state index is 13.5. The Kier molecular flexibility index (Phi) is 4.99. The Balaban J connectivity index is 1.57. The lowest BCUT2D eigenvalue weighted by molar-refractivity contribution is -0.116. The van der Waals surface area contributed by atoms with Crippen molar-refractivity contribution in [2.24, 2.45) is 0 Å². The van der Waals surface area contributed by atoms with Crippen molar-refractivity contribution >= 4 is 17.2 Å². The second-order valence-corrected chi connectivity index (χ2v) is 8.35. The van der Waals surface area contributed by atoms with E-state index in [4.69, 9.17) is 4.74 Å². The molecule has 0 saturated carbocycles. The van der Waals surface area contributed by atoms with Gasteiger partial charge in [0, 0.05) is 17.7 Å². The van der Waals surface area contributed by atoms with Crippen LogP contribution in [-0.2, 0) is 4.79 Å². The molecule has 3 aromatic carbocycles. The number of hydrogen-bond donors (Lipinski definition) is 2. The molecule has 1 aliphatic carbocycles. The van der Waals surface area contributed by atoms with E-state index in [1.165, 1.54) is 11.1 Å². The van der Waals surface area contributed by atoms with Gasteiger partial charge in [0.25, 0.3) is 0 Å². The van der Waals surface area contributed by atoms with Crippen molar-refractivity contribution in [1.82, 2.24) is 0 Å². The maximum Gasteiger partial charge on any atom is 0.163 e. The van der Waals surface area contributed by atoms with Crippen LogP contribution in [0.25, 0.3) is 0 Å². The van der Waals surface area contributed by atoms with Crippen molar-refractivity contribution in [3.05, 3.63) is 101 Å². The highest BCUT2D eigenvalue weighted by Crippen LogP contribution is 2.44. The van der Waals surface area contributed by atoms with Crippen molar-refractivity contribution in [3.8, 4) is 5.75 Å². The van der Waals surface area contributed by atoms with Gasteiger partial charge in [0.15, 0.2) is 5.78 Å². The number of carbonyl (C=O) groups is 1. The Morgan fingerprint density at radius 2 is 1.52 bits per heavy atom. The molecule has 0 amide bonds. The molecule has 4 nitrogen and oxygen atoms in total. The third kappa shape index (κ3) is 3.70. The lowest BCUT2D eigenvalue weighted by Crippen LogP contribution is -2.26. The molecule has 0 aromatic heterocycles. The van der Waals surface area contributed by atoms with Gasteiger partial charge in [0.05, 0.1) is 24.5 Å². The first-order valence-electron chi connectivity index (χ1n) is 10.7. The molecule has 1 heterocycles. The summed E-state index contributed by atoms with van der Waals surface area (Å²) in [7, 11) is 1.67. The van der Waals surface area contributed by atoms with Crippen molar-refractivity contribution in [1.29, 1.82) is 0 Å². The SMILES string of the molecule is COc1ccc([C@H]2CC(=O)C3=C(C2)Nc2ccccc2N[C@H]3c2ccc(C)cc2)cc1. The standard InChI is InChI=1S/C27H26N2O2/c1-17-7-9-19(10-8-17)27-26-24(28-22-5-3-4-6-23(22)29-27)15-20(16-25(26)30)18-11-13-21(31-2)14-12-18/h3-14,20,27-29H,15-16H2,1-2H3/t20-,27+/m1/s1. The molecule has 0 radical (unpaired) electrons. The molecule has 156 valence electrons. The molecule has 0 saturated heterocycles. The molecule has 0 fully saturated rings. The van der Waals surface area contributed by atoms with Crippen molar-refractivity contribution in [3.63, 3.8) is 0 Å². The monoisotopic (exact) mass is 410 g/mol. The summed E-state index contributed by atoms with van der Waals surface area (Å²) in [5, 5.41) is 7.23. The fourth-order valence-electron chi connectivity index (χ4n) is 4.61. The van der Waals surface area contributed by atoms with Gasteiger partial charge in [-0.25, -0.2) is 0 Å². The first-order valence-corrected chi connectivity index (χ1v) is 10.7. The van der Waals surface area contributed by atoms with Gasteiger partial charge in [0.2, 0.25) is 0 Å². The van der Waals surface area contributed by atoms with Crippen molar-refractivity contribution in [2.75, 3.05) is 17.7 Å². The predicted molar refractivity (Wildman–Crippen MR) is 125 cm³/mol. The first-order chi connectivity index (χ1) is 15.1. The lowest BCUT2D eigenvalue weighted by atomic mass is 9.78. The average Bonchev–Trinajstić information content (AvgIpc) is 2.96. The van der Waals surface area contributed by atoms with Gasteiger partial charge in [-0.05, 0) is 54.7 Å². The Labute approximate surface area is 183 Å². The van der Waals surface area contributed by atoms with Crippen LogP contribution in [0.3, 0.4) is 0 Å². The topological polar surface area (TPSA) is 50.4 Å². The second-order valence-electron chi connectivity index (χ2n) is 8.35. The summed E-state index contributed by atoms with van der Waals surface area (Å²) < 4.78 is 5.29. The van der Waals surface area contributed by atoms with Crippen molar-refractivity contribution in [2.45, 2.75) is 31.7 Å². The molecule has 5 rings (SSSR count). The number of allylic oxidation sites excluding steroid dienone is 1. The van der Waals surface area contributed by atoms with Crippen LogP contribution in [0.1, 0.15) is 41.5 Å². The molecule has 31 heavy (non-hydrogen) atoms. The number of nitrogens with one attached hydrogen (secondary N) is 2. The Morgan fingerprint density at radius 3 is 2.23 bits per heavy atom. The predicted octanol–water partition coefficient (Wildman–Crippen LogP) is 5.98. The van der Waals surface area contributed by atoms with Gasteiger partial charge in [-0.15, -0.1) is 0 Å². The average molecular weight is 411 g/mol. The third-order valence-corrected chi connectivity index (χ3v) is 6.31. The highest BCUT2D eigenvalue weighted by molar-refractivity contribution is 6.01.